The molecule has 1 aliphatic heterocycles. The number of rotatable bonds is 5. The van der Waals surface area contributed by atoms with Gasteiger partial charge in [0.05, 0.1) is 0 Å². The number of piperidine rings is 1. The summed E-state index contributed by atoms with van der Waals surface area (Å²) < 4.78 is 0. The van der Waals surface area contributed by atoms with E-state index in [0.29, 0.717) is 0 Å². The van der Waals surface area contributed by atoms with Gasteiger partial charge in [-0.15, -0.1) is 0 Å². The summed E-state index contributed by atoms with van der Waals surface area (Å²) in [6.45, 7) is 8.55. The summed E-state index contributed by atoms with van der Waals surface area (Å²) >= 11 is 1.97. The minimum Gasteiger partial charge on any atom is -0.317 e. The lowest BCUT2D eigenvalue weighted by Crippen LogP contribution is -2.48. The Morgan fingerprint density at radius 1 is 1.53 bits per heavy atom. The van der Waals surface area contributed by atoms with Crippen LogP contribution in [0.2, 0.25) is 0 Å². The van der Waals surface area contributed by atoms with Gasteiger partial charge in [-0.25, -0.2) is 0 Å². The molecule has 0 saturated carbocycles. The maximum atomic E-state index is 3.42. The molecule has 0 radical (unpaired) electrons. The molecule has 1 fully saturated rings. The van der Waals surface area contributed by atoms with Crippen molar-refractivity contribution in [2.24, 2.45) is 11.8 Å². The first-order valence-electron chi connectivity index (χ1n) is 6.06. The van der Waals surface area contributed by atoms with E-state index in [1.165, 1.54) is 31.8 Å². The zero-order chi connectivity index (χ0) is 11.3. The highest BCUT2D eigenvalue weighted by atomic mass is 32.2. The van der Waals surface area contributed by atoms with Gasteiger partial charge in [-0.2, -0.15) is 11.8 Å². The van der Waals surface area contributed by atoms with Gasteiger partial charge >= 0.3 is 0 Å². The van der Waals surface area contributed by atoms with Crippen molar-refractivity contribution < 1.29 is 0 Å². The molecule has 1 saturated heterocycles. The number of likely N-dealkylation sites (tertiary alicyclic amines) is 1. The van der Waals surface area contributed by atoms with E-state index in [0.717, 1.165) is 17.9 Å². The Hall–Kier alpha value is 0.270. The van der Waals surface area contributed by atoms with Gasteiger partial charge in [0, 0.05) is 19.1 Å². The first-order valence-corrected chi connectivity index (χ1v) is 7.45. The van der Waals surface area contributed by atoms with Crippen LogP contribution in [-0.4, -0.2) is 49.6 Å². The molecule has 3 heteroatoms. The highest BCUT2D eigenvalue weighted by Gasteiger charge is 2.25. The zero-order valence-corrected chi connectivity index (χ0v) is 11.4. The Bertz CT molecular complexity index is 173. The van der Waals surface area contributed by atoms with Crippen molar-refractivity contribution in [3.63, 3.8) is 0 Å². The smallest absolute Gasteiger partial charge is 0.0114 e. The molecule has 1 aliphatic rings. The molecule has 1 heterocycles. The molecular formula is C12H26N2S. The first-order chi connectivity index (χ1) is 7.17. The van der Waals surface area contributed by atoms with Crippen LogP contribution < -0.4 is 5.32 Å². The third kappa shape index (κ3) is 4.33. The minimum absolute atomic E-state index is 0.733. The van der Waals surface area contributed by atoms with Crippen LogP contribution in [0.5, 0.6) is 0 Å². The van der Waals surface area contributed by atoms with Gasteiger partial charge in [0.25, 0.3) is 0 Å². The van der Waals surface area contributed by atoms with E-state index < -0.39 is 0 Å². The van der Waals surface area contributed by atoms with E-state index in [1.54, 1.807) is 0 Å². The van der Waals surface area contributed by atoms with Crippen LogP contribution in [-0.2, 0) is 0 Å². The molecule has 3 unspecified atom stereocenters. The van der Waals surface area contributed by atoms with Crippen LogP contribution in [0.3, 0.4) is 0 Å². The molecule has 0 aliphatic carbocycles. The van der Waals surface area contributed by atoms with E-state index in [4.69, 9.17) is 0 Å². The third-order valence-electron chi connectivity index (χ3n) is 3.38. The largest absolute Gasteiger partial charge is 0.317 e. The van der Waals surface area contributed by atoms with E-state index in [2.05, 4.69) is 37.4 Å². The predicted molar refractivity (Wildman–Crippen MR) is 70.6 cm³/mol. The Labute approximate surface area is 99.2 Å². The van der Waals surface area contributed by atoms with Gasteiger partial charge in [-0.05, 0) is 43.9 Å². The molecule has 0 bridgehead atoms. The van der Waals surface area contributed by atoms with Crippen molar-refractivity contribution in [3.05, 3.63) is 0 Å². The van der Waals surface area contributed by atoms with Gasteiger partial charge in [0.2, 0.25) is 0 Å². The highest BCUT2D eigenvalue weighted by molar-refractivity contribution is 7.98. The summed E-state index contributed by atoms with van der Waals surface area (Å²) in [7, 11) is 2.09. The molecular weight excluding hydrogens is 204 g/mol. The second-order valence-corrected chi connectivity index (χ2v) is 5.89. The lowest BCUT2D eigenvalue weighted by atomic mass is 9.93. The molecule has 1 N–H and O–H groups in total. The SMILES string of the molecule is CNC1CCN(CC(C)CSC)CC1C. The lowest BCUT2D eigenvalue weighted by Gasteiger charge is -2.37. The zero-order valence-electron chi connectivity index (χ0n) is 10.6. The van der Waals surface area contributed by atoms with Crippen LogP contribution >= 0.6 is 11.8 Å². The normalized spacial score (nSPS) is 30.4. The fraction of sp³-hybridized carbons (Fsp3) is 1.00. The summed E-state index contributed by atoms with van der Waals surface area (Å²) in [6.07, 6.45) is 3.51. The Morgan fingerprint density at radius 3 is 2.80 bits per heavy atom. The lowest BCUT2D eigenvalue weighted by molar-refractivity contribution is 0.139. The molecule has 0 aromatic carbocycles. The summed E-state index contributed by atoms with van der Waals surface area (Å²) in [5.74, 6) is 2.92. The average molecular weight is 230 g/mol. The van der Waals surface area contributed by atoms with E-state index in [-0.39, 0.29) is 0 Å². The van der Waals surface area contributed by atoms with Gasteiger partial charge in [0.15, 0.2) is 0 Å². The second kappa shape index (κ2) is 6.77. The Balaban J connectivity index is 2.28. The standard InChI is InChI=1S/C12H26N2S/c1-10(9-15-4)7-14-6-5-12(13-3)11(2)8-14/h10-13H,5-9H2,1-4H3. The fourth-order valence-electron chi connectivity index (χ4n) is 2.60. The topological polar surface area (TPSA) is 15.3 Å². The molecule has 90 valence electrons. The van der Waals surface area contributed by atoms with Gasteiger partial charge in [-0.1, -0.05) is 13.8 Å². The van der Waals surface area contributed by atoms with E-state index in [1.807, 2.05) is 11.8 Å². The molecule has 2 nitrogen and oxygen atoms in total. The second-order valence-electron chi connectivity index (χ2n) is 4.98. The number of thioether (sulfide) groups is 1. The number of nitrogens with one attached hydrogen (secondary N) is 1. The van der Waals surface area contributed by atoms with Crippen LogP contribution in [0, 0.1) is 11.8 Å². The molecule has 0 spiro atoms. The molecule has 1 rings (SSSR count). The number of hydrogen-bond donors (Lipinski definition) is 1. The average Bonchev–Trinajstić information content (AvgIpc) is 2.18. The van der Waals surface area contributed by atoms with Crippen molar-refractivity contribution >= 4 is 11.8 Å². The summed E-state index contributed by atoms with van der Waals surface area (Å²) in [5, 5.41) is 3.42. The quantitative estimate of drug-likeness (QED) is 0.777. The fourth-order valence-corrected chi connectivity index (χ4v) is 3.28. The first kappa shape index (κ1) is 13.3. The van der Waals surface area contributed by atoms with Gasteiger partial charge in [-0.3, -0.25) is 0 Å². The molecule has 15 heavy (non-hydrogen) atoms. The van der Waals surface area contributed by atoms with Crippen molar-refractivity contribution in [3.8, 4) is 0 Å². The monoisotopic (exact) mass is 230 g/mol. The van der Waals surface area contributed by atoms with Crippen LogP contribution in [0.15, 0.2) is 0 Å². The molecule has 0 amide bonds. The number of nitrogens with zero attached hydrogens (tertiary/aromatic N) is 1. The van der Waals surface area contributed by atoms with Crippen LogP contribution in [0.1, 0.15) is 20.3 Å². The maximum Gasteiger partial charge on any atom is 0.0114 e. The molecule has 3 atom stereocenters. The van der Waals surface area contributed by atoms with Crippen molar-refractivity contribution in [1.29, 1.82) is 0 Å². The predicted octanol–water partition coefficient (Wildman–Crippen LogP) is 1.92. The maximum absolute atomic E-state index is 3.42. The van der Waals surface area contributed by atoms with E-state index >= 15 is 0 Å². The van der Waals surface area contributed by atoms with Crippen molar-refractivity contribution in [2.75, 3.05) is 38.7 Å². The van der Waals surface area contributed by atoms with E-state index in [9.17, 15) is 0 Å². The summed E-state index contributed by atoms with van der Waals surface area (Å²) in [4.78, 5) is 2.64. The third-order valence-corrected chi connectivity index (χ3v) is 4.28. The highest BCUT2D eigenvalue weighted by Crippen LogP contribution is 2.18. The number of hydrogen-bond acceptors (Lipinski definition) is 3. The van der Waals surface area contributed by atoms with Gasteiger partial charge < -0.3 is 10.2 Å². The van der Waals surface area contributed by atoms with Crippen molar-refractivity contribution in [2.45, 2.75) is 26.3 Å². The summed E-state index contributed by atoms with van der Waals surface area (Å²) in [5.41, 5.74) is 0. The molecule has 0 aromatic rings. The van der Waals surface area contributed by atoms with Crippen molar-refractivity contribution in [1.82, 2.24) is 10.2 Å². The summed E-state index contributed by atoms with van der Waals surface area (Å²) in [6, 6.07) is 0.733. The minimum atomic E-state index is 0.733. The van der Waals surface area contributed by atoms with Crippen LogP contribution in [0.4, 0.5) is 0 Å². The Kier molecular flexibility index (Phi) is 6.02. The molecule has 0 aromatic heterocycles. The van der Waals surface area contributed by atoms with Crippen LogP contribution in [0.25, 0.3) is 0 Å². The van der Waals surface area contributed by atoms with Gasteiger partial charge in [0.1, 0.15) is 0 Å². The Morgan fingerprint density at radius 2 is 2.27 bits per heavy atom.